The van der Waals surface area contributed by atoms with Gasteiger partial charge in [0.25, 0.3) is 5.59 Å². The molecule has 0 aromatic carbocycles. The third-order valence-electron chi connectivity index (χ3n) is 3.53. The Morgan fingerprint density at radius 2 is 1.39 bits per heavy atom. The topological polar surface area (TPSA) is 26.3 Å². The zero-order chi connectivity index (χ0) is 14.0. The Labute approximate surface area is 116 Å². The fourth-order valence-electron chi connectivity index (χ4n) is 3.13. The smallest absolute Gasteiger partial charge is 0.264 e. The van der Waals surface area contributed by atoms with Crippen molar-refractivity contribution in [1.82, 2.24) is 0 Å². The summed E-state index contributed by atoms with van der Waals surface area (Å²) in [4.78, 5) is 12.6. The van der Waals surface area contributed by atoms with E-state index < -0.39 is 23.0 Å². The van der Waals surface area contributed by atoms with Gasteiger partial charge in [0.2, 0.25) is 0 Å². The summed E-state index contributed by atoms with van der Waals surface area (Å²) in [5, 5.41) is 0. The summed E-state index contributed by atoms with van der Waals surface area (Å²) >= 11 is 0. The molecule has 105 valence electrons. The summed E-state index contributed by atoms with van der Waals surface area (Å²) in [5.74, 6) is 0. The summed E-state index contributed by atoms with van der Waals surface area (Å²) in [6.45, 7) is 14.1. The van der Waals surface area contributed by atoms with Gasteiger partial charge in [0, 0.05) is 15.2 Å². The molecule has 1 fully saturated rings. The summed E-state index contributed by atoms with van der Waals surface area (Å²) in [7, 11) is -3.70. The first-order valence-corrected chi connectivity index (χ1v) is 17.7. The van der Waals surface area contributed by atoms with Crippen LogP contribution in [0.5, 0.6) is 0 Å². The molecule has 0 aromatic heterocycles. The lowest BCUT2D eigenvalue weighted by molar-refractivity contribution is 0.0947. The van der Waals surface area contributed by atoms with E-state index in [1.807, 2.05) is 0 Å². The highest BCUT2D eigenvalue weighted by atomic mass is 29.6. The van der Waals surface area contributed by atoms with Crippen LogP contribution >= 0.6 is 0 Å². The fourth-order valence-corrected chi connectivity index (χ4v) is 37.9. The molecule has 1 rings (SSSR count). The molecule has 1 saturated carbocycles. The second-order valence-corrected chi connectivity index (χ2v) is 31.2. The molecule has 1 aliphatic rings. The number of hydrogen-bond acceptors (Lipinski definition) is 2. The van der Waals surface area contributed by atoms with Gasteiger partial charge in [0.15, 0.2) is 7.83 Å². The molecule has 18 heavy (non-hydrogen) atoms. The predicted octanol–water partition coefficient (Wildman–Crippen LogP) is 4.37. The van der Waals surface area contributed by atoms with Crippen molar-refractivity contribution in [2.24, 2.45) is 0 Å². The summed E-state index contributed by atoms with van der Waals surface area (Å²) < 4.78 is 5.88. The van der Waals surface area contributed by atoms with Gasteiger partial charge in [-0.1, -0.05) is 45.7 Å². The maximum atomic E-state index is 12.6. The van der Waals surface area contributed by atoms with Crippen LogP contribution in [0.4, 0.5) is 4.79 Å². The lowest BCUT2D eigenvalue weighted by atomic mass is 9.98. The molecule has 0 spiro atoms. The first-order chi connectivity index (χ1) is 8.12. The van der Waals surface area contributed by atoms with E-state index >= 15 is 0 Å². The first-order valence-electron chi connectivity index (χ1n) is 7.21. The van der Waals surface area contributed by atoms with Crippen LogP contribution in [0.25, 0.3) is 0 Å². The molecule has 0 amide bonds. The van der Waals surface area contributed by atoms with E-state index in [-0.39, 0.29) is 11.7 Å². The minimum atomic E-state index is -1.38. The van der Waals surface area contributed by atoms with Gasteiger partial charge in [0.1, 0.15) is 6.10 Å². The summed E-state index contributed by atoms with van der Waals surface area (Å²) in [6.07, 6.45) is 6.21. The molecule has 0 aliphatic heterocycles. The van der Waals surface area contributed by atoms with Gasteiger partial charge >= 0.3 is 0 Å². The van der Waals surface area contributed by atoms with Gasteiger partial charge in [-0.05, 0) is 25.7 Å². The maximum absolute atomic E-state index is 12.6. The van der Waals surface area contributed by atoms with Crippen LogP contribution < -0.4 is 0 Å². The van der Waals surface area contributed by atoms with Gasteiger partial charge in [-0.3, -0.25) is 4.79 Å². The van der Waals surface area contributed by atoms with Gasteiger partial charge in [-0.15, -0.1) is 0 Å². The van der Waals surface area contributed by atoms with Crippen molar-refractivity contribution in [2.45, 2.75) is 77.5 Å². The Hall–Kier alpha value is 0.121. The average Bonchev–Trinajstić information content (AvgIpc) is 2.13. The maximum Gasteiger partial charge on any atom is 0.264 e. The van der Waals surface area contributed by atoms with Crippen LogP contribution in [-0.4, -0.2) is 34.7 Å². The van der Waals surface area contributed by atoms with Crippen LogP contribution in [0.3, 0.4) is 0 Å². The number of ether oxygens (including phenoxy) is 1. The van der Waals surface area contributed by atoms with Crippen LogP contribution in [0.15, 0.2) is 0 Å². The van der Waals surface area contributed by atoms with Crippen molar-refractivity contribution in [3.8, 4) is 0 Å². The fraction of sp³-hybridized carbons (Fsp3) is 0.923. The highest BCUT2D eigenvalue weighted by Crippen LogP contribution is 2.24. The Morgan fingerprint density at radius 1 is 0.944 bits per heavy atom. The summed E-state index contributed by atoms with van der Waals surface area (Å²) in [6, 6.07) is 0. The van der Waals surface area contributed by atoms with E-state index in [0.717, 1.165) is 12.8 Å². The zero-order valence-corrected chi connectivity index (χ0v) is 15.9. The number of hydrogen-bond donors (Lipinski definition) is 0. The quantitative estimate of drug-likeness (QED) is 0.721. The van der Waals surface area contributed by atoms with Crippen molar-refractivity contribution >= 4 is 28.6 Å². The van der Waals surface area contributed by atoms with Gasteiger partial charge in [0.05, 0.1) is 0 Å². The lowest BCUT2D eigenvalue weighted by Crippen LogP contribution is -2.64. The van der Waals surface area contributed by atoms with E-state index in [9.17, 15) is 4.79 Å². The first kappa shape index (κ1) is 16.2. The molecule has 0 aromatic rings. The Balaban J connectivity index is 2.71. The van der Waals surface area contributed by atoms with Crippen LogP contribution in [0, 0.1) is 0 Å². The molecular weight excluding hydrogens is 272 g/mol. The van der Waals surface area contributed by atoms with Crippen LogP contribution in [-0.2, 0) is 4.74 Å². The third kappa shape index (κ3) is 4.66. The SMILES string of the molecule is C[Si](C)(C)[Si](C(=O)OC1CCCCC1)[Si](C)(C)C. The molecule has 1 aliphatic carbocycles. The molecule has 0 saturated heterocycles. The van der Waals surface area contributed by atoms with E-state index in [4.69, 9.17) is 4.74 Å². The number of carbonyl (C=O) groups excluding carboxylic acids is 1. The standard InChI is InChI=1S/C13H29O2Si3/c1-17(2,3)16(18(4,5)6)13(14)15-12-10-8-7-9-11-12/h12H,7-11H2,1-6H3. The normalized spacial score (nSPS) is 19.1. The predicted molar refractivity (Wildman–Crippen MR) is 85.8 cm³/mol. The van der Waals surface area contributed by atoms with E-state index in [0.29, 0.717) is 0 Å². The van der Waals surface area contributed by atoms with E-state index in [2.05, 4.69) is 39.3 Å². The molecule has 1 radical (unpaired) electrons. The van der Waals surface area contributed by atoms with Crippen molar-refractivity contribution in [2.75, 3.05) is 0 Å². The van der Waals surface area contributed by atoms with E-state index in [1.54, 1.807) is 0 Å². The molecule has 0 unspecified atom stereocenters. The molecule has 0 bridgehead atoms. The van der Waals surface area contributed by atoms with E-state index in [1.165, 1.54) is 19.3 Å². The molecule has 2 nitrogen and oxygen atoms in total. The molecule has 5 heteroatoms. The van der Waals surface area contributed by atoms with Crippen molar-refractivity contribution in [1.29, 1.82) is 0 Å². The van der Waals surface area contributed by atoms with Crippen LogP contribution in [0.1, 0.15) is 32.1 Å². The molecule has 0 heterocycles. The van der Waals surface area contributed by atoms with Gasteiger partial charge in [-0.2, -0.15) is 0 Å². The van der Waals surface area contributed by atoms with Crippen molar-refractivity contribution in [3.63, 3.8) is 0 Å². The lowest BCUT2D eigenvalue weighted by Gasteiger charge is -2.35. The largest absolute Gasteiger partial charge is 0.467 e. The minimum absolute atomic E-state index is 0.227. The van der Waals surface area contributed by atoms with Crippen molar-refractivity contribution < 1.29 is 9.53 Å². The van der Waals surface area contributed by atoms with Crippen molar-refractivity contribution in [3.05, 3.63) is 0 Å². The highest BCUT2D eigenvalue weighted by molar-refractivity contribution is 7.68. The highest BCUT2D eigenvalue weighted by Gasteiger charge is 2.46. The van der Waals surface area contributed by atoms with Gasteiger partial charge < -0.3 is 4.74 Å². The second kappa shape index (κ2) is 6.05. The zero-order valence-electron chi connectivity index (χ0n) is 12.9. The summed E-state index contributed by atoms with van der Waals surface area (Å²) in [5.41, 5.74) is 0.227. The second-order valence-electron chi connectivity index (χ2n) is 7.54. The minimum Gasteiger partial charge on any atom is -0.467 e. The number of rotatable bonds is 4. The Bertz CT molecular complexity index is 272. The number of carbonyl (C=O) groups is 1. The molecule has 0 N–H and O–H groups in total. The average molecular weight is 302 g/mol. The monoisotopic (exact) mass is 301 g/mol. The molecule has 0 atom stereocenters. The Morgan fingerprint density at radius 3 is 1.78 bits per heavy atom. The van der Waals surface area contributed by atoms with Crippen LogP contribution in [0.2, 0.25) is 39.3 Å². The van der Waals surface area contributed by atoms with Gasteiger partial charge in [-0.25, -0.2) is 0 Å². The Kier molecular flexibility index (Phi) is 5.44. The third-order valence-corrected chi connectivity index (χ3v) is 30.8. The molecular formula is C13H29O2Si3.